The van der Waals surface area contributed by atoms with E-state index < -0.39 is 91.5 Å². The summed E-state index contributed by atoms with van der Waals surface area (Å²) in [7, 11) is 0. The van der Waals surface area contributed by atoms with Gasteiger partial charge in [0.2, 0.25) is 0 Å². The Morgan fingerprint density at radius 1 is 0.909 bits per heavy atom. The fourth-order valence-corrected chi connectivity index (χ4v) is 6.73. The van der Waals surface area contributed by atoms with Crippen LogP contribution < -0.4 is 39.3 Å². The lowest BCUT2D eigenvalue weighted by Gasteiger charge is -2.48. The molecule has 0 aromatic carbocycles. The van der Waals surface area contributed by atoms with Crippen LogP contribution in [0.2, 0.25) is 0 Å². The SMILES string of the molecule is NC[C@@H]1CC[C@@H](NCC2CC(N)C2)[C@@H](OC2[C@@H](N)C[C@@H](NC(=O)C3(O)CC3N)[C@H](O[C@H]3O[C@H](CO)[C@@H](O)[C@H](N)[C@H]3O)[C@H]2O)O1. The average molecular weight is 634 g/mol. The van der Waals surface area contributed by atoms with E-state index in [1.54, 1.807) is 0 Å². The molecule has 2 aliphatic heterocycles. The molecule has 0 spiro atoms. The predicted octanol–water partition coefficient (Wildman–Crippen LogP) is -6.28. The first-order valence-electron chi connectivity index (χ1n) is 15.6. The first-order valence-corrected chi connectivity index (χ1v) is 15.6. The number of carbonyl (C=O) groups excluding carboxylic acids is 1. The second kappa shape index (κ2) is 13.9. The van der Waals surface area contributed by atoms with Crippen molar-refractivity contribution in [2.75, 3.05) is 19.7 Å². The van der Waals surface area contributed by atoms with E-state index in [0.717, 1.165) is 25.8 Å². The fraction of sp³-hybridized carbons (Fsp3) is 0.963. The number of hydrogen-bond donors (Lipinski definition) is 12. The lowest BCUT2D eigenvalue weighted by atomic mass is 9.80. The van der Waals surface area contributed by atoms with Crippen LogP contribution in [0.5, 0.6) is 0 Å². The Kier molecular flexibility index (Phi) is 10.8. The first kappa shape index (κ1) is 34.2. The van der Waals surface area contributed by atoms with E-state index >= 15 is 0 Å². The molecule has 1 amide bonds. The van der Waals surface area contributed by atoms with Crippen LogP contribution in [0.1, 0.15) is 38.5 Å². The fourth-order valence-electron chi connectivity index (χ4n) is 6.73. The Morgan fingerprint density at radius 3 is 2.20 bits per heavy atom. The maximum absolute atomic E-state index is 12.9. The Labute approximate surface area is 256 Å². The van der Waals surface area contributed by atoms with Gasteiger partial charge in [0.25, 0.3) is 5.91 Å². The van der Waals surface area contributed by atoms with E-state index in [9.17, 15) is 30.3 Å². The van der Waals surface area contributed by atoms with Crippen molar-refractivity contribution in [2.24, 2.45) is 34.6 Å². The van der Waals surface area contributed by atoms with Gasteiger partial charge in [-0.05, 0) is 44.6 Å². The molecule has 2 heterocycles. The number of hydrogen-bond acceptors (Lipinski definition) is 16. The molecule has 15 atom stereocenters. The van der Waals surface area contributed by atoms with Crippen LogP contribution >= 0.6 is 0 Å². The molecular weight excluding hydrogens is 582 g/mol. The Morgan fingerprint density at radius 2 is 1.59 bits per heavy atom. The van der Waals surface area contributed by atoms with Crippen LogP contribution in [0.3, 0.4) is 0 Å². The van der Waals surface area contributed by atoms with E-state index in [2.05, 4.69) is 10.6 Å². The third-order valence-electron chi connectivity index (χ3n) is 9.89. The zero-order valence-electron chi connectivity index (χ0n) is 24.8. The second-order valence-corrected chi connectivity index (χ2v) is 13.2. The molecule has 0 radical (unpaired) electrons. The van der Waals surface area contributed by atoms with Gasteiger partial charge in [0, 0.05) is 31.1 Å². The van der Waals surface area contributed by atoms with Gasteiger partial charge in [0.05, 0.1) is 30.8 Å². The highest BCUT2D eigenvalue weighted by atomic mass is 16.7. The summed E-state index contributed by atoms with van der Waals surface area (Å²) in [5.41, 5.74) is 28.3. The number of rotatable bonds is 11. The van der Waals surface area contributed by atoms with Crippen molar-refractivity contribution >= 4 is 5.91 Å². The molecule has 3 aliphatic carbocycles. The largest absolute Gasteiger partial charge is 0.394 e. The summed E-state index contributed by atoms with van der Waals surface area (Å²) in [6.07, 6.45) is -7.12. The summed E-state index contributed by atoms with van der Waals surface area (Å²) in [5, 5.41) is 59.1. The van der Waals surface area contributed by atoms with Gasteiger partial charge in [0.15, 0.2) is 18.2 Å². The molecule has 5 aliphatic rings. The summed E-state index contributed by atoms with van der Waals surface area (Å²) < 4.78 is 24.2. The second-order valence-electron chi connectivity index (χ2n) is 13.2. The molecule has 0 aromatic rings. The van der Waals surface area contributed by atoms with E-state index in [1.165, 1.54) is 0 Å². The van der Waals surface area contributed by atoms with Crippen molar-refractivity contribution in [3.8, 4) is 0 Å². The number of nitrogens with one attached hydrogen (secondary N) is 2. The van der Waals surface area contributed by atoms with Gasteiger partial charge in [-0.1, -0.05) is 0 Å². The average Bonchev–Trinajstić information content (AvgIpc) is 3.61. The monoisotopic (exact) mass is 633 g/mol. The smallest absolute Gasteiger partial charge is 0.253 e. The molecule has 5 fully saturated rings. The van der Waals surface area contributed by atoms with Crippen molar-refractivity contribution in [3.05, 3.63) is 0 Å². The molecule has 17 heteroatoms. The maximum Gasteiger partial charge on any atom is 0.253 e. The van der Waals surface area contributed by atoms with E-state index in [1.807, 2.05) is 0 Å². The van der Waals surface area contributed by atoms with Gasteiger partial charge in [-0.2, -0.15) is 0 Å². The van der Waals surface area contributed by atoms with Crippen LogP contribution in [0, 0.1) is 5.92 Å². The summed E-state index contributed by atoms with van der Waals surface area (Å²) in [4.78, 5) is 12.9. The van der Waals surface area contributed by atoms with E-state index in [4.69, 9.17) is 47.6 Å². The predicted molar refractivity (Wildman–Crippen MR) is 153 cm³/mol. The third kappa shape index (κ3) is 7.07. The molecule has 5 rings (SSSR count). The summed E-state index contributed by atoms with van der Waals surface area (Å²) in [5.74, 6) is -0.305. The quantitative estimate of drug-likeness (QED) is 0.101. The van der Waals surface area contributed by atoms with Gasteiger partial charge in [0.1, 0.15) is 36.6 Å². The highest BCUT2D eigenvalue weighted by molar-refractivity contribution is 5.89. The van der Waals surface area contributed by atoms with Crippen molar-refractivity contribution in [3.63, 3.8) is 0 Å². The molecule has 254 valence electrons. The van der Waals surface area contributed by atoms with Crippen LogP contribution in [-0.2, 0) is 23.7 Å². The molecule has 44 heavy (non-hydrogen) atoms. The summed E-state index contributed by atoms with van der Waals surface area (Å²) in [6.45, 7) is 0.399. The van der Waals surface area contributed by atoms with Gasteiger partial charge < -0.3 is 83.8 Å². The minimum atomic E-state index is -1.77. The molecule has 17 N–H and O–H groups in total. The number of carbonyl (C=O) groups is 1. The van der Waals surface area contributed by atoms with E-state index in [-0.39, 0.29) is 37.6 Å². The van der Waals surface area contributed by atoms with Gasteiger partial charge in [-0.3, -0.25) is 4.79 Å². The standard InChI is InChI=1S/C27H51N7O10/c28-7-12-1-2-14(33-8-10-3-11(29)4-10)24(41-12)43-22-13(30)5-15(34-26(39)27(40)6-17(27)31)23(21(22)38)44-25-20(37)18(32)19(36)16(9-35)42-25/h10-25,33,35-38,40H,1-9,28-32H2,(H,34,39)/t10?,11?,12-,13-,14+,15+,16+,17?,18-,19+,20+,21-,22?,23-,24+,25+,27?/m0/s1. The van der Waals surface area contributed by atoms with E-state index in [0.29, 0.717) is 12.3 Å². The number of amides is 1. The third-order valence-corrected chi connectivity index (χ3v) is 9.89. The molecular formula is C27H51N7O10. The molecule has 0 aromatic heterocycles. The first-order chi connectivity index (χ1) is 20.9. The minimum Gasteiger partial charge on any atom is -0.394 e. The highest BCUT2D eigenvalue weighted by Gasteiger charge is 2.59. The lowest BCUT2D eigenvalue weighted by Crippen LogP contribution is -2.69. The summed E-state index contributed by atoms with van der Waals surface area (Å²) in [6, 6.07) is -3.78. The molecule has 2 saturated heterocycles. The van der Waals surface area contributed by atoms with Crippen molar-refractivity contribution < 1.29 is 49.3 Å². The highest BCUT2D eigenvalue weighted by Crippen LogP contribution is 2.36. The minimum absolute atomic E-state index is 0.0372. The number of ether oxygens (including phenoxy) is 4. The molecule has 3 saturated carbocycles. The normalized spacial score (nSPS) is 51.0. The zero-order chi connectivity index (χ0) is 31.9. The van der Waals surface area contributed by atoms with Gasteiger partial charge in [-0.15, -0.1) is 0 Å². The van der Waals surface area contributed by atoms with Crippen LogP contribution in [0.4, 0.5) is 0 Å². The van der Waals surface area contributed by atoms with Crippen molar-refractivity contribution in [2.45, 2.75) is 136 Å². The van der Waals surface area contributed by atoms with Crippen LogP contribution in [0.15, 0.2) is 0 Å². The topological polar surface area (TPSA) is 309 Å². The summed E-state index contributed by atoms with van der Waals surface area (Å²) >= 11 is 0. The lowest BCUT2D eigenvalue weighted by molar-refractivity contribution is -0.314. The van der Waals surface area contributed by atoms with Gasteiger partial charge >= 0.3 is 0 Å². The number of nitrogens with two attached hydrogens (primary N) is 5. The number of aliphatic hydroxyl groups is 5. The number of aliphatic hydroxyl groups excluding tert-OH is 4. The van der Waals surface area contributed by atoms with Crippen LogP contribution in [0.25, 0.3) is 0 Å². The molecule has 3 unspecified atom stereocenters. The van der Waals surface area contributed by atoms with Gasteiger partial charge in [-0.25, -0.2) is 0 Å². The van der Waals surface area contributed by atoms with Crippen molar-refractivity contribution in [1.29, 1.82) is 0 Å². The molecule has 17 nitrogen and oxygen atoms in total. The maximum atomic E-state index is 12.9. The Bertz CT molecular complexity index is 981. The zero-order valence-corrected chi connectivity index (χ0v) is 24.8. The Hall–Kier alpha value is -1.13. The van der Waals surface area contributed by atoms with Crippen LogP contribution in [-0.4, -0.2) is 148 Å². The van der Waals surface area contributed by atoms with Crippen molar-refractivity contribution in [1.82, 2.24) is 10.6 Å². The Balaban J connectivity index is 1.33. The molecule has 0 bridgehead atoms.